The van der Waals surface area contributed by atoms with Crippen LogP contribution >= 0.6 is 0 Å². The van der Waals surface area contributed by atoms with Crippen LogP contribution < -0.4 is 15.1 Å². The Morgan fingerprint density at radius 3 is 2.16 bits per heavy atom. The number of quaternary nitrogens is 2. The second-order valence-corrected chi connectivity index (χ2v) is 8.55. The van der Waals surface area contributed by atoms with Crippen molar-refractivity contribution in [2.75, 3.05) is 51.6 Å². The summed E-state index contributed by atoms with van der Waals surface area (Å²) in [5.41, 5.74) is 3.83. The zero-order valence-corrected chi connectivity index (χ0v) is 18.6. The van der Waals surface area contributed by atoms with Gasteiger partial charge in [0, 0.05) is 19.3 Å². The average Bonchev–Trinajstić information content (AvgIpc) is 2.72. The number of nitrogens with one attached hydrogen (secondary N) is 3. The molecular weight excluding hydrogens is 395 g/mol. The number of piperazine rings is 1. The highest BCUT2D eigenvalue weighted by Gasteiger charge is 2.27. The van der Waals surface area contributed by atoms with Gasteiger partial charge in [0.15, 0.2) is 13.1 Å². The molecule has 3 rings (SSSR count). The Hall–Kier alpha value is -2.77. The fourth-order valence-corrected chi connectivity index (χ4v) is 4.08. The molecule has 1 aliphatic heterocycles. The zero-order valence-electron chi connectivity index (χ0n) is 18.6. The molecule has 1 fully saturated rings. The van der Waals surface area contributed by atoms with Gasteiger partial charge in [0.1, 0.15) is 32.0 Å². The van der Waals surface area contributed by atoms with Crippen LogP contribution in [0.4, 0.5) is 10.1 Å². The summed E-state index contributed by atoms with van der Waals surface area (Å²) >= 11 is 0. The number of likely N-dealkylation sites (N-methyl/N-ethyl adjacent to an activating group) is 1. The monoisotopic (exact) mass is 428 g/mol. The van der Waals surface area contributed by atoms with Crippen molar-refractivity contribution in [3.63, 3.8) is 0 Å². The SMILES string of the molecule is Cc1cccc(C)c1NC(=O)C[NH+]1CC[NH+](CC(=O)N(C)Cc2cccc(F)c2)CC1. The number of para-hydroxylation sites is 1. The fourth-order valence-electron chi connectivity index (χ4n) is 4.08. The van der Waals surface area contributed by atoms with E-state index >= 15 is 0 Å². The Morgan fingerprint density at radius 2 is 1.55 bits per heavy atom. The minimum Gasteiger partial charge on any atom is -0.337 e. The van der Waals surface area contributed by atoms with Crippen LogP contribution in [0.25, 0.3) is 0 Å². The summed E-state index contributed by atoms with van der Waals surface area (Å²) in [6.45, 7) is 8.69. The first-order valence-electron chi connectivity index (χ1n) is 10.8. The molecule has 166 valence electrons. The molecule has 7 heteroatoms. The van der Waals surface area contributed by atoms with Gasteiger partial charge in [-0.1, -0.05) is 30.3 Å². The topological polar surface area (TPSA) is 58.3 Å². The quantitative estimate of drug-likeness (QED) is 0.573. The molecule has 0 unspecified atom stereocenters. The van der Waals surface area contributed by atoms with Crippen molar-refractivity contribution in [1.29, 1.82) is 0 Å². The Morgan fingerprint density at radius 1 is 0.968 bits per heavy atom. The summed E-state index contributed by atoms with van der Waals surface area (Å²) in [5.74, 6) is -0.207. The molecule has 0 spiro atoms. The minimum atomic E-state index is -0.287. The highest BCUT2D eigenvalue weighted by atomic mass is 19.1. The van der Waals surface area contributed by atoms with Gasteiger partial charge < -0.3 is 20.0 Å². The lowest BCUT2D eigenvalue weighted by atomic mass is 10.1. The third-order valence-corrected chi connectivity index (χ3v) is 5.96. The number of anilines is 1. The summed E-state index contributed by atoms with van der Waals surface area (Å²) in [6.07, 6.45) is 0. The number of halogens is 1. The van der Waals surface area contributed by atoms with Gasteiger partial charge >= 0.3 is 0 Å². The Labute approximate surface area is 183 Å². The molecule has 1 saturated heterocycles. The molecule has 6 nitrogen and oxygen atoms in total. The number of benzene rings is 2. The van der Waals surface area contributed by atoms with E-state index in [1.165, 1.54) is 21.9 Å². The molecule has 0 saturated carbocycles. The highest BCUT2D eigenvalue weighted by molar-refractivity contribution is 5.93. The van der Waals surface area contributed by atoms with E-state index in [9.17, 15) is 14.0 Å². The lowest BCUT2D eigenvalue weighted by Crippen LogP contribution is -3.28. The predicted molar refractivity (Wildman–Crippen MR) is 119 cm³/mol. The largest absolute Gasteiger partial charge is 0.337 e. The number of hydrogen-bond acceptors (Lipinski definition) is 2. The van der Waals surface area contributed by atoms with Gasteiger partial charge in [0.2, 0.25) is 0 Å². The minimum absolute atomic E-state index is 0.0294. The lowest BCUT2D eigenvalue weighted by molar-refractivity contribution is -1.00. The van der Waals surface area contributed by atoms with E-state index in [-0.39, 0.29) is 17.6 Å². The van der Waals surface area contributed by atoms with E-state index in [1.807, 2.05) is 38.1 Å². The summed E-state index contributed by atoms with van der Waals surface area (Å²) < 4.78 is 13.3. The van der Waals surface area contributed by atoms with Crippen molar-refractivity contribution in [1.82, 2.24) is 4.90 Å². The fraction of sp³-hybridized carbons (Fsp3) is 0.417. The number of carbonyl (C=O) groups excluding carboxylic acids is 2. The van der Waals surface area contributed by atoms with Gasteiger partial charge in [-0.3, -0.25) is 9.59 Å². The molecular formula is C24H33FN4O2+2. The van der Waals surface area contributed by atoms with Crippen LogP contribution in [0.1, 0.15) is 16.7 Å². The van der Waals surface area contributed by atoms with Crippen molar-refractivity contribution in [3.05, 3.63) is 65.0 Å². The van der Waals surface area contributed by atoms with Crippen molar-refractivity contribution < 1.29 is 23.8 Å². The van der Waals surface area contributed by atoms with Gasteiger partial charge in [-0.25, -0.2) is 4.39 Å². The Balaban J connectivity index is 1.42. The second kappa shape index (κ2) is 10.5. The molecule has 31 heavy (non-hydrogen) atoms. The van der Waals surface area contributed by atoms with Gasteiger partial charge in [-0.05, 0) is 42.7 Å². The van der Waals surface area contributed by atoms with Crippen LogP contribution in [0.2, 0.25) is 0 Å². The number of hydrogen-bond donors (Lipinski definition) is 3. The molecule has 0 atom stereocenters. The molecule has 0 aliphatic carbocycles. The number of carbonyl (C=O) groups is 2. The van der Waals surface area contributed by atoms with Crippen LogP contribution in [-0.2, 0) is 16.1 Å². The molecule has 0 aromatic heterocycles. The van der Waals surface area contributed by atoms with Gasteiger partial charge in [0.25, 0.3) is 11.8 Å². The van der Waals surface area contributed by atoms with Gasteiger partial charge in [-0.2, -0.15) is 0 Å². The molecule has 0 radical (unpaired) electrons. The lowest BCUT2D eigenvalue weighted by Gasteiger charge is -2.30. The van der Waals surface area contributed by atoms with Crippen molar-refractivity contribution in [3.8, 4) is 0 Å². The van der Waals surface area contributed by atoms with Crippen LogP contribution in [0.15, 0.2) is 42.5 Å². The smallest absolute Gasteiger partial charge is 0.279 e. The standard InChI is InChI=1S/C24H31FN4O2/c1-18-6-4-7-19(2)24(18)26-22(30)16-28-10-12-29(13-11-28)17-23(31)27(3)15-20-8-5-9-21(25)14-20/h4-9,14H,10-13,15-17H2,1-3H3,(H,26,30)/p+2. The summed E-state index contributed by atoms with van der Waals surface area (Å²) in [7, 11) is 1.76. The number of amides is 2. The molecule has 2 aromatic carbocycles. The number of aryl methyl sites for hydroxylation is 2. The molecule has 2 amide bonds. The van der Waals surface area contributed by atoms with Crippen molar-refractivity contribution >= 4 is 17.5 Å². The van der Waals surface area contributed by atoms with Crippen LogP contribution in [0.5, 0.6) is 0 Å². The van der Waals surface area contributed by atoms with E-state index in [1.54, 1.807) is 18.0 Å². The van der Waals surface area contributed by atoms with Crippen LogP contribution in [-0.4, -0.2) is 63.0 Å². The molecule has 2 aromatic rings. The number of rotatable bonds is 7. The maximum Gasteiger partial charge on any atom is 0.279 e. The Kier molecular flexibility index (Phi) is 7.76. The van der Waals surface area contributed by atoms with Crippen LogP contribution in [0, 0.1) is 19.7 Å². The first-order valence-corrected chi connectivity index (χ1v) is 10.8. The van der Waals surface area contributed by atoms with E-state index in [4.69, 9.17) is 0 Å². The average molecular weight is 429 g/mol. The van der Waals surface area contributed by atoms with E-state index < -0.39 is 0 Å². The first-order chi connectivity index (χ1) is 14.8. The predicted octanol–water partition coefficient (Wildman–Crippen LogP) is -0.177. The zero-order chi connectivity index (χ0) is 22.4. The van der Waals surface area contributed by atoms with Crippen LogP contribution in [0.3, 0.4) is 0 Å². The normalized spacial score (nSPS) is 18.5. The van der Waals surface area contributed by atoms with Gasteiger partial charge in [0.05, 0.1) is 0 Å². The molecule has 0 bridgehead atoms. The summed E-state index contributed by atoms with van der Waals surface area (Å²) in [4.78, 5) is 29.2. The highest BCUT2D eigenvalue weighted by Crippen LogP contribution is 2.18. The number of nitrogens with zero attached hydrogens (tertiary/aromatic N) is 1. The summed E-state index contributed by atoms with van der Waals surface area (Å²) in [5, 5.41) is 3.06. The van der Waals surface area contributed by atoms with E-state index in [2.05, 4.69) is 5.32 Å². The molecule has 3 N–H and O–H groups in total. The molecule has 1 aliphatic rings. The van der Waals surface area contributed by atoms with E-state index in [0.29, 0.717) is 19.6 Å². The Bertz CT molecular complexity index is 905. The third-order valence-electron chi connectivity index (χ3n) is 5.96. The van der Waals surface area contributed by atoms with Crippen molar-refractivity contribution in [2.24, 2.45) is 0 Å². The second-order valence-electron chi connectivity index (χ2n) is 8.55. The third kappa shape index (κ3) is 6.60. The maximum atomic E-state index is 13.3. The summed E-state index contributed by atoms with van der Waals surface area (Å²) in [6, 6.07) is 12.3. The maximum absolute atomic E-state index is 13.3. The molecule has 1 heterocycles. The van der Waals surface area contributed by atoms with E-state index in [0.717, 1.165) is 48.6 Å². The first kappa shape index (κ1) is 22.9. The van der Waals surface area contributed by atoms with Gasteiger partial charge in [-0.15, -0.1) is 0 Å². The van der Waals surface area contributed by atoms with Crippen molar-refractivity contribution in [2.45, 2.75) is 20.4 Å².